The number of fused-ring (bicyclic) bond motifs is 1. The van der Waals surface area contributed by atoms with Gasteiger partial charge < -0.3 is 19.0 Å². The second-order valence-electron chi connectivity index (χ2n) is 5.63. The van der Waals surface area contributed by atoms with Crippen molar-refractivity contribution in [2.45, 2.75) is 0 Å². The topological polar surface area (TPSA) is 68.9 Å². The summed E-state index contributed by atoms with van der Waals surface area (Å²) >= 11 is 0. The molecule has 0 saturated heterocycles. The highest BCUT2D eigenvalue weighted by molar-refractivity contribution is 6.15. The Morgan fingerprint density at radius 1 is 0.966 bits per heavy atom. The van der Waals surface area contributed by atoms with Crippen LogP contribution in [0.1, 0.15) is 15.9 Å². The van der Waals surface area contributed by atoms with E-state index >= 15 is 0 Å². The molecule has 0 aliphatic heterocycles. The molecule has 0 amide bonds. The zero-order chi connectivity index (χ0) is 21.5. The van der Waals surface area contributed by atoms with Crippen molar-refractivity contribution in [3.63, 3.8) is 0 Å². The third-order valence-electron chi connectivity index (χ3n) is 4.09. The van der Waals surface area contributed by atoms with Crippen LogP contribution in [0.3, 0.4) is 0 Å². The molecule has 0 radical (unpaired) electrons. The van der Waals surface area contributed by atoms with Crippen molar-refractivity contribution < 1.29 is 45.7 Å². The van der Waals surface area contributed by atoms with E-state index in [2.05, 4.69) is 0 Å². The molecule has 0 unspecified atom stereocenters. The van der Waals surface area contributed by atoms with Gasteiger partial charge in [0.25, 0.3) is 0 Å². The zero-order valence-corrected chi connectivity index (χ0v) is 14.8. The minimum absolute atomic E-state index is 0.0714. The smallest absolute Gasteiger partial charge is 0.205 e. The molecular formula is C19H11F5O5. The van der Waals surface area contributed by atoms with E-state index in [4.69, 9.17) is 13.9 Å². The summed E-state index contributed by atoms with van der Waals surface area (Å²) < 4.78 is 82.6. The van der Waals surface area contributed by atoms with Crippen LogP contribution in [-0.4, -0.2) is 25.1 Å². The number of carbonyl (C=O) groups is 1. The van der Waals surface area contributed by atoms with Crippen LogP contribution in [0, 0.1) is 29.1 Å². The molecule has 5 nitrogen and oxygen atoms in total. The lowest BCUT2D eigenvalue weighted by molar-refractivity contribution is 0.104. The molecule has 3 aromatic rings. The minimum Gasteiger partial charge on any atom is -0.504 e. The van der Waals surface area contributed by atoms with Gasteiger partial charge in [0.1, 0.15) is 11.3 Å². The summed E-state index contributed by atoms with van der Waals surface area (Å²) in [6.07, 6.45) is 2.18. The maximum absolute atomic E-state index is 13.8. The highest BCUT2D eigenvalue weighted by Gasteiger charge is 2.27. The normalized spacial score (nSPS) is 11.4. The number of hydrogen-bond donors (Lipinski definition) is 1. The number of aromatic hydroxyl groups is 1. The van der Waals surface area contributed by atoms with E-state index in [0.717, 1.165) is 0 Å². The third-order valence-corrected chi connectivity index (χ3v) is 4.09. The molecule has 152 valence electrons. The van der Waals surface area contributed by atoms with Crippen molar-refractivity contribution in [3.05, 3.63) is 58.6 Å². The third kappa shape index (κ3) is 3.06. The maximum Gasteiger partial charge on any atom is 0.205 e. The average Bonchev–Trinajstić information content (AvgIpc) is 3.18. The minimum atomic E-state index is -2.32. The molecule has 0 saturated carbocycles. The summed E-state index contributed by atoms with van der Waals surface area (Å²) in [5.74, 6) is -12.9. The van der Waals surface area contributed by atoms with Crippen molar-refractivity contribution in [2.24, 2.45) is 0 Å². The van der Waals surface area contributed by atoms with E-state index in [1.165, 1.54) is 26.5 Å². The van der Waals surface area contributed by atoms with E-state index in [-0.39, 0.29) is 22.5 Å². The van der Waals surface area contributed by atoms with Crippen LogP contribution in [0.5, 0.6) is 17.2 Å². The van der Waals surface area contributed by atoms with Crippen LogP contribution in [0.15, 0.2) is 22.8 Å². The predicted molar refractivity (Wildman–Crippen MR) is 90.6 cm³/mol. The van der Waals surface area contributed by atoms with Gasteiger partial charge in [0, 0.05) is 0 Å². The fraction of sp³-hybridized carbons (Fsp3) is 0.105. The van der Waals surface area contributed by atoms with Crippen LogP contribution < -0.4 is 9.47 Å². The van der Waals surface area contributed by atoms with Gasteiger partial charge in [-0.05, 0) is 18.2 Å². The number of furan rings is 1. The Hall–Kier alpha value is -3.56. The fourth-order valence-corrected chi connectivity index (χ4v) is 2.77. The summed E-state index contributed by atoms with van der Waals surface area (Å²) in [6, 6.07) is 1.42. The summed E-state index contributed by atoms with van der Waals surface area (Å²) in [6.45, 7) is 0. The van der Waals surface area contributed by atoms with E-state index in [0.29, 0.717) is 12.2 Å². The van der Waals surface area contributed by atoms with Gasteiger partial charge in [0.15, 0.2) is 40.4 Å². The molecule has 0 aliphatic carbocycles. The van der Waals surface area contributed by atoms with Gasteiger partial charge in [-0.1, -0.05) is 0 Å². The quantitative estimate of drug-likeness (QED) is 0.215. The number of ether oxygens (including phenoxy) is 2. The fourth-order valence-electron chi connectivity index (χ4n) is 2.77. The average molecular weight is 414 g/mol. The lowest BCUT2D eigenvalue weighted by Gasteiger charge is -2.13. The molecule has 1 aromatic heterocycles. The molecule has 29 heavy (non-hydrogen) atoms. The molecule has 0 atom stereocenters. The van der Waals surface area contributed by atoms with Crippen LogP contribution >= 0.6 is 0 Å². The van der Waals surface area contributed by atoms with E-state index < -0.39 is 51.7 Å². The molecule has 2 aromatic carbocycles. The number of rotatable bonds is 5. The van der Waals surface area contributed by atoms with Gasteiger partial charge in [-0.15, -0.1) is 0 Å². The van der Waals surface area contributed by atoms with Gasteiger partial charge in [-0.25, -0.2) is 22.0 Å². The number of benzene rings is 2. The number of carbonyl (C=O) groups excluding carboxylic acids is 1. The second-order valence-corrected chi connectivity index (χ2v) is 5.63. The molecule has 3 rings (SSSR count). The SMILES string of the molecule is COc1c(C(=O)/C=C/c2c(F)c(F)c(F)c(F)c2F)c(O)c(OC)c2occc12. The Morgan fingerprint density at radius 2 is 1.52 bits per heavy atom. The van der Waals surface area contributed by atoms with Crippen LogP contribution in [0.4, 0.5) is 22.0 Å². The number of methoxy groups -OCH3 is 2. The van der Waals surface area contributed by atoms with E-state index in [9.17, 15) is 31.9 Å². The highest BCUT2D eigenvalue weighted by atomic mass is 19.2. The van der Waals surface area contributed by atoms with Crippen LogP contribution in [-0.2, 0) is 0 Å². The second kappa shape index (κ2) is 7.46. The summed E-state index contributed by atoms with van der Waals surface area (Å²) in [4.78, 5) is 12.6. The van der Waals surface area contributed by atoms with Crippen molar-refractivity contribution >= 4 is 22.8 Å². The number of allylic oxidation sites excluding steroid dienone is 1. The summed E-state index contributed by atoms with van der Waals surface area (Å²) in [5.41, 5.74) is -1.70. The number of halogens is 5. The lowest BCUT2D eigenvalue weighted by atomic mass is 10.0. The Morgan fingerprint density at radius 3 is 2.07 bits per heavy atom. The first kappa shape index (κ1) is 20.2. The standard InChI is InChI=1S/C19H11F5O5/c1-27-17-8-5-6-29-18(8)19(28-2)16(26)10(17)9(25)4-3-7-11(20)13(22)15(24)14(23)12(7)21/h3-6,26H,1-2H3/b4-3+. The summed E-state index contributed by atoms with van der Waals surface area (Å²) in [5, 5.41) is 10.6. The Bertz CT molecular complexity index is 1140. The molecule has 0 fully saturated rings. The molecule has 0 aliphatic rings. The van der Waals surface area contributed by atoms with Crippen LogP contribution in [0.2, 0.25) is 0 Å². The van der Waals surface area contributed by atoms with Crippen molar-refractivity contribution in [1.82, 2.24) is 0 Å². The maximum atomic E-state index is 13.8. The monoisotopic (exact) mass is 414 g/mol. The highest BCUT2D eigenvalue weighted by Crippen LogP contribution is 2.45. The van der Waals surface area contributed by atoms with E-state index in [1.54, 1.807) is 0 Å². The first-order chi connectivity index (χ1) is 13.7. The van der Waals surface area contributed by atoms with Crippen LogP contribution in [0.25, 0.3) is 17.0 Å². The van der Waals surface area contributed by atoms with Crippen molar-refractivity contribution in [1.29, 1.82) is 0 Å². The largest absolute Gasteiger partial charge is 0.504 e. The lowest BCUT2D eigenvalue weighted by Crippen LogP contribution is -2.05. The first-order valence-electron chi connectivity index (χ1n) is 7.82. The first-order valence-corrected chi connectivity index (χ1v) is 7.82. The number of phenols is 1. The Kier molecular flexibility index (Phi) is 5.19. The van der Waals surface area contributed by atoms with Gasteiger partial charge in [-0.3, -0.25) is 4.79 Å². The molecule has 0 spiro atoms. The number of phenolic OH excluding ortho intramolecular Hbond substituents is 1. The van der Waals surface area contributed by atoms with Gasteiger partial charge >= 0.3 is 0 Å². The number of hydrogen-bond acceptors (Lipinski definition) is 5. The molecular weight excluding hydrogens is 403 g/mol. The Balaban J connectivity index is 2.16. The van der Waals surface area contributed by atoms with Gasteiger partial charge in [0.2, 0.25) is 11.6 Å². The summed E-state index contributed by atoms with van der Waals surface area (Å²) in [7, 11) is 2.39. The van der Waals surface area contributed by atoms with Gasteiger partial charge in [-0.2, -0.15) is 0 Å². The molecule has 1 heterocycles. The predicted octanol–water partition coefficient (Wildman–Crippen LogP) is 4.75. The molecule has 1 N–H and O–H groups in total. The van der Waals surface area contributed by atoms with E-state index in [1.807, 2.05) is 0 Å². The number of ketones is 1. The Labute approximate surface area is 159 Å². The molecule has 0 bridgehead atoms. The zero-order valence-electron chi connectivity index (χ0n) is 14.8. The van der Waals surface area contributed by atoms with Crippen molar-refractivity contribution in [3.8, 4) is 17.2 Å². The van der Waals surface area contributed by atoms with Gasteiger partial charge in [0.05, 0.1) is 31.4 Å². The molecule has 10 heteroatoms. The van der Waals surface area contributed by atoms with Crippen molar-refractivity contribution in [2.75, 3.05) is 14.2 Å².